The van der Waals surface area contributed by atoms with Crippen molar-refractivity contribution in [3.63, 3.8) is 0 Å². The van der Waals surface area contributed by atoms with E-state index in [-0.39, 0.29) is 34.8 Å². The summed E-state index contributed by atoms with van der Waals surface area (Å²) in [6, 6.07) is 9.56. The van der Waals surface area contributed by atoms with Crippen LogP contribution in [0.25, 0.3) is 0 Å². The average molecular weight is 407 g/mol. The van der Waals surface area contributed by atoms with Crippen molar-refractivity contribution in [1.82, 2.24) is 10.0 Å². The summed E-state index contributed by atoms with van der Waals surface area (Å²) in [7, 11) is -3.74. The van der Waals surface area contributed by atoms with E-state index in [1.54, 1.807) is 18.2 Å². The van der Waals surface area contributed by atoms with Crippen molar-refractivity contribution in [3.05, 3.63) is 50.6 Å². The molecular formula is C15H16Cl2N2O3S2. The van der Waals surface area contributed by atoms with E-state index in [0.717, 1.165) is 4.88 Å². The normalized spacial score (nSPS) is 12.8. The van der Waals surface area contributed by atoms with Crippen LogP contribution in [0.1, 0.15) is 24.3 Å². The molecule has 0 saturated heterocycles. The Morgan fingerprint density at radius 3 is 2.54 bits per heavy atom. The van der Waals surface area contributed by atoms with Gasteiger partial charge in [0.05, 0.1) is 15.4 Å². The quantitative estimate of drug-likeness (QED) is 0.737. The molecule has 9 heteroatoms. The summed E-state index contributed by atoms with van der Waals surface area (Å²) in [5.74, 6) is -0.256. The number of nitrogens with one attached hydrogen (secondary N) is 2. The maximum atomic E-state index is 12.1. The topological polar surface area (TPSA) is 75.3 Å². The molecule has 1 amide bonds. The summed E-state index contributed by atoms with van der Waals surface area (Å²) in [5.41, 5.74) is 0. The molecule has 0 fully saturated rings. The number of thiophene rings is 1. The van der Waals surface area contributed by atoms with E-state index in [1.807, 2.05) is 13.0 Å². The number of carbonyl (C=O) groups is 1. The number of carbonyl (C=O) groups excluding carboxylic acids is 1. The molecule has 2 N–H and O–H groups in total. The zero-order chi connectivity index (χ0) is 17.7. The predicted molar refractivity (Wildman–Crippen MR) is 97.1 cm³/mol. The molecule has 2 aromatic rings. The Hall–Kier alpha value is -1.12. The van der Waals surface area contributed by atoms with Gasteiger partial charge in [-0.1, -0.05) is 35.3 Å². The molecule has 24 heavy (non-hydrogen) atoms. The molecule has 1 unspecified atom stereocenters. The highest BCUT2D eigenvalue weighted by Gasteiger charge is 2.18. The van der Waals surface area contributed by atoms with E-state index in [1.165, 1.54) is 23.5 Å². The molecule has 0 aliphatic carbocycles. The van der Waals surface area contributed by atoms with Gasteiger partial charge in [0, 0.05) is 17.8 Å². The number of hydrogen-bond donors (Lipinski definition) is 2. The highest BCUT2D eigenvalue weighted by molar-refractivity contribution is 7.89. The first-order valence-corrected chi connectivity index (χ1v) is 10.1. The summed E-state index contributed by atoms with van der Waals surface area (Å²) in [4.78, 5) is 12.9. The fourth-order valence-corrected chi connectivity index (χ4v) is 4.60. The predicted octanol–water partition coefficient (Wildman–Crippen LogP) is 3.60. The standard InChI is InChI=1S/C15H16Cl2N2O3S2/c1-10(12-6-7-14(17)23-12)19-15(20)8-9-18-24(21,22)13-5-3-2-4-11(13)16/h2-7,10,18H,8-9H2,1H3,(H,19,20). The Labute approximate surface area is 155 Å². The molecule has 0 aliphatic rings. The Morgan fingerprint density at radius 2 is 1.92 bits per heavy atom. The van der Waals surface area contributed by atoms with Gasteiger partial charge in [-0.3, -0.25) is 4.79 Å². The fourth-order valence-electron chi connectivity index (χ4n) is 1.99. The first-order valence-electron chi connectivity index (χ1n) is 7.08. The zero-order valence-electron chi connectivity index (χ0n) is 12.8. The minimum absolute atomic E-state index is 0.00586. The summed E-state index contributed by atoms with van der Waals surface area (Å²) in [5, 5.41) is 2.94. The van der Waals surface area contributed by atoms with Crippen molar-refractivity contribution in [1.29, 1.82) is 0 Å². The highest BCUT2D eigenvalue weighted by atomic mass is 35.5. The second-order valence-electron chi connectivity index (χ2n) is 5.01. The first kappa shape index (κ1) is 19.2. The zero-order valence-corrected chi connectivity index (χ0v) is 15.9. The van der Waals surface area contributed by atoms with Crippen LogP contribution >= 0.6 is 34.5 Å². The summed E-state index contributed by atoms with van der Waals surface area (Å²) in [6.07, 6.45) is 0.0210. The lowest BCUT2D eigenvalue weighted by atomic mass is 10.2. The maximum absolute atomic E-state index is 12.1. The number of hydrogen-bond acceptors (Lipinski definition) is 4. The largest absolute Gasteiger partial charge is 0.349 e. The van der Waals surface area contributed by atoms with Crippen LogP contribution in [0.5, 0.6) is 0 Å². The lowest BCUT2D eigenvalue weighted by Gasteiger charge is -2.12. The number of halogens is 2. The number of amides is 1. The molecule has 5 nitrogen and oxygen atoms in total. The van der Waals surface area contributed by atoms with Crippen LogP contribution in [0.15, 0.2) is 41.3 Å². The van der Waals surface area contributed by atoms with Gasteiger partial charge in [0.25, 0.3) is 0 Å². The lowest BCUT2D eigenvalue weighted by Crippen LogP contribution is -2.32. The van der Waals surface area contributed by atoms with Gasteiger partial charge in [-0.05, 0) is 31.2 Å². The van der Waals surface area contributed by atoms with Crippen LogP contribution in [0.4, 0.5) is 0 Å². The smallest absolute Gasteiger partial charge is 0.242 e. The van der Waals surface area contributed by atoms with Gasteiger partial charge in [0.15, 0.2) is 0 Å². The van der Waals surface area contributed by atoms with E-state index in [2.05, 4.69) is 10.0 Å². The number of benzene rings is 1. The van der Waals surface area contributed by atoms with Crippen molar-refractivity contribution in [2.24, 2.45) is 0 Å². The third-order valence-corrected chi connectivity index (χ3v) is 6.54. The second-order valence-corrected chi connectivity index (χ2v) is 8.90. The third kappa shape index (κ3) is 5.19. The van der Waals surface area contributed by atoms with Crippen molar-refractivity contribution < 1.29 is 13.2 Å². The van der Waals surface area contributed by atoms with E-state index in [0.29, 0.717) is 4.34 Å². The van der Waals surface area contributed by atoms with E-state index in [9.17, 15) is 13.2 Å². The van der Waals surface area contributed by atoms with Crippen LogP contribution in [0.3, 0.4) is 0 Å². The highest BCUT2D eigenvalue weighted by Crippen LogP contribution is 2.26. The van der Waals surface area contributed by atoms with Crippen LogP contribution in [-0.4, -0.2) is 20.9 Å². The first-order chi connectivity index (χ1) is 11.3. The van der Waals surface area contributed by atoms with Crippen LogP contribution < -0.4 is 10.0 Å². The van der Waals surface area contributed by atoms with Gasteiger partial charge >= 0.3 is 0 Å². The Kier molecular flexibility index (Phi) is 6.65. The van der Waals surface area contributed by atoms with Gasteiger partial charge in [-0.2, -0.15) is 0 Å². The number of sulfonamides is 1. The molecule has 1 heterocycles. The van der Waals surface area contributed by atoms with Crippen LogP contribution in [-0.2, 0) is 14.8 Å². The lowest BCUT2D eigenvalue weighted by molar-refractivity contribution is -0.121. The molecule has 1 atom stereocenters. The van der Waals surface area contributed by atoms with Crippen LogP contribution in [0, 0.1) is 0 Å². The summed E-state index contributed by atoms with van der Waals surface area (Å²) >= 11 is 13.1. The monoisotopic (exact) mass is 406 g/mol. The molecule has 0 aliphatic heterocycles. The van der Waals surface area contributed by atoms with Crippen molar-refractivity contribution >= 4 is 50.5 Å². The fraction of sp³-hybridized carbons (Fsp3) is 0.267. The van der Waals surface area contributed by atoms with Gasteiger partial charge in [-0.15, -0.1) is 11.3 Å². The minimum atomic E-state index is -3.74. The van der Waals surface area contributed by atoms with E-state index >= 15 is 0 Å². The molecule has 1 aromatic carbocycles. The second kappa shape index (κ2) is 8.31. The molecule has 1 aromatic heterocycles. The Bertz CT molecular complexity index is 822. The molecule has 0 spiro atoms. The Morgan fingerprint density at radius 1 is 1.21 bits per heavy atom. The van der Waals surface area contributed by atoms with Crippen molar-refractivity contribution in [3.8, 4) is 0 Å². The summed E-state index contributed by atoms with van der Waals surface area (Å²) < 4.78 is 27.3. The Balaban J connectivity index is 1.85. The average Bonchev–Trinajstić information content (AvgIpc) is 2.94. The van der Waals surface area contributed by atoms with Gasteiger partial charge in [0.2, 0.25) is 15.9 Å². The molecule has 2 rings (SSSR count). The number of rotatable bonds is 7. The maximum Gasteiger partial charge on any atom is 0.242 e. The van der Waals surface area contributed by atoms with E-state index < -0.39 is 10.0 Å². The molecule has 0 saturated carbocycles. The SMILES string of the molecule is CC(NC(=O)CCNS(=O)(=O)c1ccccc1Cl)c1ccc(Cl)s1. The van der Waals surface area contributed by atoms with Crippen LogP contribution in [0.2, 0.25) is 9.36 Å². The van der Waals surface area contributed by atoms with Crippen molar-refractivity contribution in [2.75, 3.05) is 6.54 Å². The molecular weight excluding hydrogens is 391 g/mol. The molecule has 0 radical (unpaired) electrons. The minimum Gasteiger partial charge on any atom is -0.349 e. The van der Waals surface area contributed by atoms with Gasteiger partial charge in [0.1, 0.15) is 4.90 Å². The van der Waals surface area contributed by atoms with Gasteiger partial charge in [-0.25, -0.2) is 13.1 Å². The summed E-state index contributed by atoms with van der Waals surface area (Å²) in [6.45, 7) is 1.82. The third-order valence-electron chi connectivity index (χ3n) is 3.17. The molecule has 130 valence electrons. The van der Waals surface area contributed by atoms with E-state index in [4.69, 9.17) is 23.2 Å². The molecule has 0 bridgehead atoms. The van der Waals surface area contributed by atoms with Gasteiger partial charge < -0.3 is 5.32 Å². The van der Waals surface area contributed by atoms with Crippen molar-refractivity contribution in [2.45, 2.75) is 24.3 Å².